The van der Waals surface area contributed by atoms with Crippen LogP contribution in [-0.4, -0.2) is 48.4 Å². The molecule has 1 aliphatic heterocycles. The minimum Gasteiger partial charge on any atom is -0.374 e. The molecule has 2 rings (SSSR count). The van der Waals surface area contributed by atoms with Crippen molar-refractivity contribution in [2.24, 2.45) is 0 Å². The Kier molecular flexibility index (Phi) is 5.18. The van der Waals surface area contributed by atoms with Crippen molar-refractivity contribution in [2.75, 3.05) is 26.2 Å². The minimum atomic E-state index is 0.235. The van der Waals surface area contributed by atoms with Gasteiger partial charge in [0, 0.05) is 37.3 Å². The van der Waals surface area contributed by atoms with Gasteiger partial charge in [0.15, 0.2) is 0 Å². The molecule has 0 bridgehead atoms. The van der Waals surface area contributed by atoms with E-state index in [0.29, 0.717) is 6.04 Å². The number of ether oxygens (including phenoxy) is 1. The van der Waals surface area contributed by atoms with Gasteiger partial charge < -0.3 is 14.6 Å². The summed E-state index contributed by atoms with van der Waals surface area (Å²) in [5, 5.41) is 7.56. The Bertz CT molecular complexity index is 411. The molecule has 0 spiro atoms. The number of hydrogen-bond donors (Lipinski definition) is 1. The maximum atomic E-state index is 5.84. The molecule has 1 fully saturated rings. The van der Waals surface area contributed by atoms with Gasteiger partial charge in [-0.2, -0.15) is 0 Å². The number of aromatic nitrogens is 1. The first-order valence-electron chi connectivity index (χ1n) is 7.50. The molecule has 0 saturated carbocycles. The molecule has 0 amide bonds. The summed E-state index contributed by atoms with van der Waals surface area (Å²) >= 11 is 0. The number of hydrogen-bond acceptors (Lipinski definition) is 5. The van der Waals surface area contributed by atoms with Crippen molar-refractivity contribution in [3.63, 3.8) is 0 Å². The smallest absolute Gasteiger partial charge is 0.138 e. The van der Waals surface area contributed by atoms with Gasteiger partial charge in [0.2, 0.25) is 0 Å². The summed E-state index contributed by atoms with van der Waals surface area (Å²) in [7, 11) is 0. The van der Waals surface area contributed by atoms with E-state index in [2.05, 4.69) is 36.1 Å². The second-order valence-corrected chi connectivity index (χ2v) is 5.95. The van der Waals surface area contributed by atoms with E-state index in [1.807, 2.05) is 13.8 Å². The van der Waals surface area contributed by atoms with Gasteiger partial charge in [0.1, 0.15) is 5.76 Å². The van der Waals surface area contributed by atoms with Gasteiger partial charge in [0.25, 0.3) is 0 Å². The first kappa shape index (κ1) is 15.5. The summed E-state index contributed by atoms with van der Waals surface area (Å²) in [6.07, 6.45) is 0.258. The molecule has 0 aliphatic carbocycles. The fourth-order valence-corrected chi connectivity index (χ4v) is 2.85. The molecular formula is C15H27N3O2. The zero-order chi connectivity index (χ0) is 14.7. The summed E-state index contributed by atoms with van der Waals surface area (Å²) in [6.45, 7) is 14.3. The van der Waals surface area contributed by atoms with E-state index in [4.69, 9.17) is 9.26 Å². The zero-order valence-corrected chi connectivity index (χ0v) is 13.3. The van der Waals surface area contributed by atoms with E-state index >= 15 is 0 Å². The maximum Gasteiger partial charge on any atom is 0.138 e. The largest absolute Gasteiger partial charge is 0.374 e. The molecule has 0 radical (unpaired) electrons. The van der Waals surface area contributed by atoms with E-state index < -0.39 is 0 Å². The second-order valence-electron chi connectivity index (χ2n) is 5.95. The fourth-order valence-electron chi connectivity index (χ4n) is 2.85. The van der Waals surface area contributed by atoms with Crippen molar-refractivity contribution in [1.29, 1.82) is 0 Å². The SMILES string of the molecule is Cc1noc(C)c1C(C)NCC1CN(C(C)C)CCO1. The number of nitrogens with zero attached hydrogens (tertiary/aromatic N) is 2. The lowest BCUT2D eigenvalue weighted by molar-refractivity contribution is -0.0380. The van der Waals surface area contributed by atoms with Crippen LogP contribution < -0.4 is 5.32 Å². The van der Waals surface area contributed by atoms with E-state index in [1.54, 1.807) is 0 Å². The molecule has 1 aliphatic rings. The van der Waals surface area contributed by atoms with Crippen LogP contribution in [0, 0.1) is 13.8 Å². The summed E-state index contributed by atoms with van der Waals surface area (Å²) in [6, 6.07) is 0.820. The van der Waals surface area contributed by atoms with Crippen LogP contribution in [0.25, 0.3) is 0 Å². The Morgan fingerprint density at radius 2 is 2.10 bits per heavy atom. The van der Waals surface area contributed by atoms with Crippen LogP contribution >= 0.6 is 0 Å². The molecule has 5 heteroatoms. The van der Waals surface area contributed by atoms with Crippen LogP contribution in [0.2, 0.25) is 0 Å². The molecular weight excluding hydrogens is 254 g/mol. The van der Waals surface area contributed by atoms with Crippen LogP contribution in [0.15, 0.2) is 4.52 Å². The minimum absolute atomic E-state index is 0.235. The van der Waals surface area contributed by atoms with Gasteiger partial charge in [-0.25, -0.2) is 0 Å². The molecule has 1 N–H and O–H groups in total. The lowest BCUT2D eigenvalue weighted by atomic mass is 10.1. The molecule has 1 aromatic heterocycles. The van der Waals surface area contributed by atoms with Crippen molar-refractivity contribution in [3.8, 4) is 0 Å². The third-order valence-electron chi connectivity index (χ3n) is 4.07. The molecule has 2 heterocycles. The summed E-state index contributed by atoms with van der Waals surface area (Å²) < 4.78 is 11.1. The third kappa shape index (κ3) is 3.59. The average molecular weight is 281 g/mol. The summed E-state index contributed by atoms with van der Waals surface area (Å²) in [5.74, 6) is 0.899. The van der Waals surface area contributed by atoms with Crippen molar-refractivity contribution < 1.29 is 9.26 Å². The zero-order valence-electron chi connectivity index (χ0n) is 13.3. The van der Waals surface area contributed by atoms with Crippen LogP contribution in [0.3, 0.4) is 0 Å². The summed E-state index contributed by atoms with van der Waals surface area (Å²) in [5.41, 5.74) is 2.14. The highest BCUT2D eigenvalue weighted by molar-refractivity contribution is 5.24. The maximum absolute atomic E-state index is 5.84. The van der Waals surface area contributed by atoms with Crippen molar-refractivity contribution >= 4 is 0 Å². The Balaban J connectivity index is 1.86. The number of morpholine rings is 1. The highest BCUT2D eigenvalue weighted by Gasteiger charge is 2.23. The van der Waals surface area contributed by atoms with E-state index in [1.165, 1.54) is 5.56 Å². The Morgan fingerprint density at radius 3 is 2.70 bits per heavy atom. The Hall–Kier alpha value is -0.910. The van der Waals surface area contributed by atoms with Gasteiger partial charge in [-0.3, -0.25) is 4.90 Å². The average Bonchev–Trinajstić information content (AvgIpc) is 2.76. The van der Waals surface area contributed by atoms with Gasteiger partial charge >= 0.3 is 0 Å². The molecule has 2 atom stereocenters. The lowest BCUT2D eigenvalue weighted by Gasteiger charge is -2.36. The van der Waals surface area contributed by atoms with Gasteiger partial charge in [0.05, 0.1) is 18.4 Å². The topological polar surface area (TPSA) is 50.5 Å². The first-order valence-corrected chi connectivity index (χ1v) is 7.50. The number of rotatable bonds is 5. The molecule has 1 aromatic rings. The van der Waals surface area contributed by atoms with Crippen molar-refractivity contribution in [3.05, 3.63) is 17.0 Å². The van der Waals surface area contributed by atoms with Crippen LogP contribution in [0.1, 0.15) is 43.8 Å². The first-order chi connectivity index (χ1) is 9.49. The summed E-state index contributed by atoms with van der Waals surface area (Å²) in [4.78, 5) is 2.47. The van der Waals surface area contributed by atoms with Crippen molar-refractivity contribution in [1.82, 2.24) is 15.4 Å². The van der Waals surface area contributed by atoms with Crippen LogP contribution in [0.5, 0.6) is 0 Å². The normalized spacial score (nSPS) is 22.4. The standard InChI is InChI=1S/C15H27N3O2/c1-10(2)18-6-7-19-14(9-18)8-16-11(3)15-12(4)17-20-13(15)5/h10-11,14,16H,6-9H2,1-5H3. The van der Waals surface area contributed by atoms with Gasteiger partial charge in [-0.15, -0.1) is 0 Å². The molecule has 0 aromatic carbocycles. The fraction of sp³-hybridized carbons (Fsp3) is 0.800. The Morgan fingerprint density at radius 1 is 1.35 bits per heavy atom. The van der Waals surface area contributed by atoms with Gasteiger partial charge in [-0.05, 0) is 34.6 Å². The monoisotopic (exact) mass is 281 g/mol. The Labute approximate surface area is 121 Å². The van der Waals surface area contributed by atoms with E-state index in [0.717, 1.165) is 37.7 Å². The van der Waals surface area contributed by atoms with Gasteiger partial charge in [-0.1, -0.05) is 5.16 Å². The molecule has 5 nitrogen and oxygen atoms in total. The highest BCUT2D eigenvalue weighted by atomic mass is 16.5. The predicted molar refractivity (Wildman–Crippen MR) is 78.8 cm³/mol. The second kappa shape index (κ2) is 6.70. The van der Waals surface area contributed by atoms with E-state index in [9.17, 15) is 0 Å². The van der Waals surface area contributed by atoms with Crippen LogP contribution in [0.4, 0.5) is 0 Å². The number of aryl methyl sites for hydroxylation is 2. The number of nitrogens with one attached hydrogen (secondary N) is 1. The predicted octanol–water partition coefficient (Wildman–Crippen LogP) is 2.05. The molecule has 20 heavy (non-hydrogen) atoms. The highest BCUT2D eigenvalue weighted by Crippen LogP contribution is 2.21. The lowest BCUT2D eigenvalue weighted by Crippen LogP contribution is -2.49. The third-order valence-corrected chi connectivity index (χ3v) is 4.07. The van der Waals surface area contributed by atoms with E-state index in [-0.39, 0.29) is 12.1 Å². The van der Waals surface area contributed by atoms with Crippen LogP contribution in [-0.2, 0) is 4.74 Å². The molecule has 2 unspecified atom stereocenters. The quantitative estimate of drug-likeness (QED) is 0.895. The van der Waals surface area contributed by atoms with Crippen molar-refractivity contribution in [2.45, 2.75) is 52.8 Å². The molecule has 114 valence electrons. The molecule has 1 saturated heterocycles.